The zero-order valence-corrected chi connectivity index (χ0v) is 10.2. The highest BCUT2D eigenvalue weighted by atomic mass is 16.5. The molecule has 0 aromatic heterocycles. The molecule has 2 heteroatoms. The summed E-state index contributed by atoms with van der Waals surface area (Å²) in [5.74, 6) is 0.177. The maximum atomic E-state index is 11.0. The number of hydrogen-bond donors (Lipinski definition) is 0. The van der Waals surface area contributed by atoms with E-state index in [2.05, 4.69) is 26.8 Å². The fourth-order valence-electron chi connectivity index (χ4n) is 1.16. The van der Waals surface area contributed by atoms with Gasteiger partial charge in [-0.15, -0.1) is 0 Å². The minimum Gasteiger partial charge on any atom is -0.463 e. The molecule has 0 aromatic carbocycles. The lowest BCUT2D eigenvalue weighted by atomic mass is 10.0. The molecule has 15 heavy (non-hydrogen) atoms. The van der Waals surface area contributed by atoms with E-state index < -0.39 is 0 Å². The molecule has 0 radical (unpaired) electrons. The molecule has 0 bridgehead atoms. The summed E-state index contributed by atoms with van der Waals surface area (Å²) < 4.78 is 4.80. The van der Waals surface area contributed by atoms with E-state index in [0.29, 0.717) is 12.5 Å². The molecule has 0 spiro atoms. The lowest BCUT2D eigenvalue weighted by molar-refractivity contribution is -0.137. The number of ether oxygens (including phenoxy) is 1. The molecule has 0 amide bonds. The van der Waals surface area contributed by atoms with Crippen molar-refractivity contribution in [3.05, 3.63) is 23.8 Å². The molecule has 0 aliphatic heterocycles. The van der Waals surface area contributed by atoms with Gasteiger partial charge < -0.3 is 4.74 Å². The van der Waals surface area contributed by atoms with Crippen molar-refractivity contribution in [2.24, 2.45) is 5.92 Å². The Balaban J connectivity index is 3.77. The maximum absolute atomic E-state index is 11.0. The summed E-state index contributed by atoms with van der Waals surface area (Å²) in [5, 5.41) is 0. The Bertz CT molecular complexity index is 235. The van der Waals surface area contributed by atoms with Crippen LogP contribution in [0.25, 0.3) is 0 Å². The van der Waals surface area contributed by atoms with Gasteiger partial charge >= 0.3 is 5.97 Å². The van der Waals surface area contributed by atoms with Gasteiger partial charge in [0.25, 0.3) is 0 Å². The molecular weight excluding hydrogens is 188 g/mol. The SMILES string of the molecule is CCOC(=O)/C=C/C(C)CCC=C(C)C. The zero-order valence-electron chi connectivity index (χ0n) is 10.2. The van der Waals surface area contributed by atoms with Crippen LogP contribution in [0.15, 0.2) is 23.8 Å². The number of carbonyl (C=O) groups is 1. The second kappa shape index (κ2) is 8.27. The van der Waals surface area contributed by atoms with Gasteiger partial charge in [0.05, 0.1) is 6.61 Å². The van der Waals surface area contributed by atoms with Gasteiger partial charge in [-0.1, -0.05) is 24.6 Å². The minimum atomic E-state index is -0.244. The number of carbonyl (C=O) groups excluding carboxylic acids is 1. The number of hydrogen-bond acceptors (Lipinski definition) is 2. The van der Waals surface area contributed by atoms with Gasteiger partial charge in [-0.25, -0.2) is 4.79 Å². The third kappa shape index (κ3) is 9.26. The lowest BCUT2D eigenvalue weighted by Gasteiger charge is -2.03. The molecule has 0 aliphatic carbocycles. The Morgan fingerprint density at radius 3 is 2.60 bits per heavy atom. The largest absolute Gasteiger partial charge is 0.463 e. The van der Waals surface area contributed by atoms with Crippen molar-refractivity contribution in [3.63, 3.8) is 0 Å². The van der Waals surface area contributed by atoms with Crippen LogP contribution in [-0.2, 0) is 9.53 Å². The molecule has 0 saturated heterocycles. The van der Waals surface area contributed by atoms with E-state index in [1.807, 2.05) is 13.0 Å². The van der Waals surface area contributed by atoms with Gasteiger partial charge in [0.15, 0.2) is 0 Å². The summed E-state index contributed by atoms with van der Waals surface area (Å²) >= 11 is 0. The Kier molecular flexibility index (Phi) is 7.69. The van der Waals surface area contributed by atoms with E-state index in [1.54, 1.807) is 0 Å². The van der Waals surface area contributed by atoms with E-state index in [0.717, 1.165) is 12.8 Å². The molecule has 0 saturated carbocycles. The van der Waals surface area contributed by atoms with E-state index in [4.69, 9.17) is 4.74 Å². The molecule has 0 rings (SSSR count). The Labute approximate surface area is 93.0 Å². The molecule has 1 atom stereocenters. The highest BCUT2D eigenvalue weighted by Gasteiger charge is 1.98. The van der Waals surface area contributed by atoms with Crippen molar-refractivity contribution < 1.29 is 9.53 Å². The van der Waals surface area contributed by atoms with Crippen molar-refractivity contribution in [3.8, 4) is 0 Å². The Morgan fingerprint density at radius 2 is 2.07 bits per heavy atom. The van der Waals surface area contributed by atoms with Crippen LogP contribution < -0.4 is 0 Å². The van der Waals surface area contributed by atoms with Crippen molar-refractivity contribution in [1.29, 1.82) is 0 Å². The maximum Gasteiger partial charge on any atom is 0.330 e. The van der Waals surface area contributed by atoms with Gasteiger partial charge in [-0.3, -0.25) is 0 Å². The summed E-state index contributed by atoms with van der Waals surface area (Å²) in [5.41, 5.74) is 1.34. The fraction of sp³-hybridized carbons (Fsp3) is 0.615. The van der Waals surface area contributed by atoms with Crippen LogP contribution in [0.3, 0.4) is 0 Å². The van der Waals surface area contributed by atoms with Crippen LogP contribution in [0.1, 0.15) is 40.5 Å². The molecule has 0 N–H and O–H groups in total. The van der Waals surface area contributed by atoms with Crippen LogP contribution in [-0.4, -0.2) is 12.6 Å². The zero-order chi connectivity index (χ0) is 11.7. The van der Waals surface area contributed by atoms with E-state index in [-0.39, 0.29) is 5.97 Å². The first-order chi connectivity index (χ1) is 7.06. The van der Waals surface area contributed by atoms with Gasteiger partial charge in [-0.05, 0) is 39.5 Å². The van der Waals surface area contributed by atoms with Crippen LogP contribution >= 0.6 is 0 Å². The van der Waals surface area contributed by atoms with Gasteiger partial charge in [0.2, 0.25) is 0 Å². The monoisotopic (exact) mass is 210 g/mol. The Morgan fingerprint density at radius 1 is 1.40 bits per heavy atom. The Hall–Kier alpha value is -1.05. The predicted octanol–water partition coefficient (Wildman–Crippen LogP) is 3.49. The summed E-state index contributed by atoms with van der Waals surface area (Å²) in [7, 11) is 0. The molecule has 0 heterocycles. The first kappa shape index (κ1) is 13.9. The lowest BCUT2D eigenvalue weighted by Crippen LogP contribution is -2.00. The van der Waals surface area contributed by atoms with Gasteiger partial charge in [-0.2, -0.15) is 0 Å². The van der Waals surface area contributed by atoms with Crippen LogP contribution in [0.2, 0.25) is 0 Å². The molecule has 0 aromatic rings. The topological polar surface area (TPSA) is 26.3 Å². The second-order valence-corrected chi connectivity index (χ2v) is 3.95. The van der Waals surface area contributed by atoms with E-state index in [9.17, 15) is 4.79 Å². The molecule has 2 nitrogen and oxygen atoms in total. The highest BCUT2D eigenvalue weighted by molar-refractivity contribution is 5.81. The van der Waals surface area contributed by atoms with Gasteiger partial charge in [0, 0.05) is 6.08 Å². The quantitative estimate of drug-likeness (QED) is 0.381. The summed E-state index contributed by atoms with van der Waals surface area (Å²) in [4.78, 5) is 11.0. The predicted molar refractivity (Wildman–Crippen MR) is 63.6 cm³/mol. The number of rotatable bonds is 6. The van der Waals surface area contributed by atoms with Crippen LogP contribution in [0, 0.1) is 5.92 Å². The minimum absolute atomic E-state index is 0.244. The smallest absolute Gasteiger partial charge is 0.330 e. The van der Waals surface area contributed by atoms with E-state index >= 15 is 0 Å². The molecule has 1 unspecified atom stereocenters. The van der Waals surface area contributed by atoms with Crippen molar-refractivity contribution in [1.82, 2.24) is 0 Å². The first-order valence-corrected chi connectivity index (χ1v) is 5.54. The van der Waals surface area contributed by atoms with Crippen molar-refractivity contribution in [2.75, 3.05) is 6.61 Å². The number of allylic oxidation sites excluding steroid dienone is 3. The molecule has 0 aliphatic rings. The standard InChI is InChI=1S/C13H22O2/c1-5-15-13(14)10-9-12(4)8-6-7-11(2)3/h7,9-10,12H,5-6,8H2,1-4H3/b10-9+. The summed E-state index contributed by atoms with van der Waals surface area (Å²) in [6.07, 6.45) is 7.79. The first-order valence-electron chi connectivity index (χ1n) is 5.54. The molecular formula is C13H22O2. The average molecular weight is 210 g/mol. The second-order valence-electron chi connectivity index (χ2n) is 3.95. The summed E-state index contributed by atoms with van der Waals surface area (Å²) in [6.45, 7) is 8.55. The van der Waals surface area contributed by atoms with Crippen LogP contribution in [0.5, 0.6) is 0 Å². The van der Waals surface area contributed by atoms with Gasteiger partial charge in [0.1, 0.15) is 0 Å². The summed E-state index contributed by atoms with van der Waals surface area (Å²) in [6, 6.07) is 0. The average Bonchev–Trinajstić information content (AvgIpc) is 2.14. The van der Waals surface area contributed by atoms with Crippen LogP contribution in [0.4, 0.5) is 0 Å². The van der Waals surface area contributed by atoms with Crippen molar-refractivity contribution >= 4 is 5.97 Å². The fourth-order valence-corrected chi connectivity index (χ4v) is 1.16. The number of esters is 1. The van der Waals surface area contributed by atoms with Crippen molar-refractivity contribution in [2.45, 2.75) is 40.5 Å². The molecule has 0 fully saturated rings. The third-order valence-electron chi connectivity index (χ3n) is 2.02. The highest BCUT2D eigenvalue weighted by Crippen LogP contribution is 2.09. The third-order valence-corrected chi connectivity index (χ3v) is 2.02. The molecule has 86 valence electrons. The van der Waals surface area contributed by atoms with E-state index in [1.165, 1.54) is 11.6 Å². The normalized spacial score (nSPS) is 12.5.